The molecule has 0 spiro atoms. The van der Waals surface area contributed by atoms with E-state index in [1.54, 1.807) is 19.6 Å². The third-order valence-electron chi connectivity index (χ3n) is 16.4. The molecule has 0 fully saturated rings. The average molecular weight is 1500 g/mol. The average Bonchev–Trinajstić information content (AvgIpc) is 0.867. The number of unbranched alkanes of at least 4 members (excludes halogenated alkanes) is 14. The van der Waals surface area contributed by atoms with E-state index in [1.807, 2.05) is 83.1 Å². The molecular weight excluding hydrogens is 1370 g/mol. The van der Waals surface area contributed by atoms with Gasteiger partial charge in [-0.25, -0.2) is 67.3 Å². The first-order valence-corrected chi connectivity index (χ1v) is 37.9. The quantitative estimate of drug-likeness (QED) is 0.0143. The number of ether oxygens (including phenoxy) is 6. The summed E-state index contributed by atoms with van der Waals surface area (Å²) in [5.74, 6) is -2.12. The highest BCUT2D eigenvalue weighted by Gasteiger charge is 2.31. The smallest absolute Gasteiger partial charge is 0.417 e. The number of nitrogens with one attached hydrogen (secondary N) is 6. The third kappa shape index (κ3) is 47.1. The molecule has 0 saturated carbocycles. The number of hydrogen-bond acceptors (Lipinski definition) is 18. The van der Waals surface area contributed by atoms with Gasteiger partial charge in [-0.3, -0.25) is 0 Å². The first-order valence-electron chi connectivity index (χ1n) is 37.9. The van der Waals surface area contributed by atoms with E-state index < -0.39 is 70.3 Å². The van der Waals surface area contributed by atoms with Crippen LogP contribution in [0.4, 0.5) is 38.4 Å². The van der Waals surface area contributed by atoms with Crippen molar-refractivity contribution < 1.29 is 86.0 Å². The number of esters is 4. The summed E-state index contributed by atoms with van der Waals surface area (Å²) in [5, 5.41) is 17.6. The van der Waals surface area contributed by atoms with Crippen LogP contribution < -0.4 is 31.9 Å². The van der Waals surface area contributed by atoms with Gasteiger partial charge in [0.15, 0.2) is 0 Å². The molecule has 0 aliphatic heterocycles. The van der Waals surface area contributed by atoms with Crippen LogP contribution in [0.3, 0.4) is 0 Å². The second kappa shape index (κ2) is 55.8. The molecule has 0 radical (unpaired) electrons. The molecule has 0 rings (SSSR count). The molecule has 606 valence electrons. The van der Waals surface area contributed by atoms with Crippen molar-refractivity contribution in [3.63, 3.8) is 0 Å². The van der Waals surface area contributed by atoms with Crippen LogP contribution in [-0.4, -0.2) is 242 Å². The number of amides is 14. The van der Waals surface area contributed by atoms with Crippen LogP contribution in [-0.2, 0) is 47.6 Å². The lowest BCUT2D eigenvalue weighted by Gasteiger charge is -2.35. The Balaban J connectivity index is 5.84. The molecule has 106 heavy (non-hydrogen) atoms. The van der Waals surface area contributed by atoms with Gasteiger partial charge in [0, 0.05) is 118 Å². The van der Waals surface area contributed by atoms with Gasteiger partial charge in [0.2, 0.25) is 0 Å². The Morgan fingerprint density at radius 1 is 0.245 bits per heavy atom. The molecule has 0 saturated heterocycles. The standard InChI is InChI=1S/C76H134N12O18/c1-17-61(89)101-55-38-37-51-85(73(5,6)7)67(95)79-45-31-23-21-29-43-77-65(93)83(49-35-27-25-33-47-81-69(97)87(75(11,12)13)53-42-59-103-63(91)19-3)71(99)105-56-39-40-57-106-72(100)84(50-36-28-26-34-48-82-70(98)88(76(14,15)16)54-60-104-64(92)20-4)66(94)78-44-30-22-24-32-46-80-68(96)86(74(8,9)10)52-41-58-102-62(90)18-2/h17-20H,1-4,21-60H2,5-16H3,(H,77,93)(H,78,94)(H,79,95)(H,80,96)(H,81,97)(H,82,98). The number of rotatable bonds is 53. The second-order valence-electron chi connectivity index (χ2n) is 29.5. The van der Waals surface area contributed by atoms with Crippen LogP contribution in [0.1, 0.15) is 224 Å². The molecule has 0 aliphatic carbocycles. The van der Waals surface area contributed by atoms with Crippen molar-refractivity contribution in [3.8, 4) is 0 Å². The topological polar surface area (TPSA) is 352 Å². The monoisotopic (exact) mass is 1500 g/mol. The van der Waals surface area contributed by atoms with Crippen LogP contribution in [0.15, 0.2) is 50.6 Å². The highest BCUT2D eigenvalue weighted by atomic mass is 16.6. The highest BCUT2D eigenvalue weighted by molar-refractivity contribution is 5.91. The molecule has 0 unspecified atom stereocenters. The lowest BCUT2D eigenvalue weighted by atomic mass is 10.1. The van der Waals surface area contributed by atoms with Gasteiger partial charge >= 0.3 is 72.3 Å². The van der Waals surface area contributed by atoms with Gasteiger partial charge in [-0.15, -0.1) is 0 Å². The van der Waals surface area contributed by atoms with E-state index in [0.29, 0.717) is 149 Å². The van der Waals surface area contributed by atoms with E-state index in [2.05, 4.69) is 58.2 Å². The zero-order chi connectivity index (χ0) is 80.0. The van der Waals surface area contributed by atoms with Crippen LogP contribution >= 0.6 is 0 Å². The fourth-order valence-corrected chi connectivity index (χ4v) is 10.5. The summed E-state index contributed by atoms with van der Waals surface area (Å²) >= 11 is 0. The van der Waals surface area contributed by atoms with Gasteiger partial charge in [-0.1, -0.05) is 77.7 Å². The molecule has 0 heterocycles. The lowest BCUT2D eigenvalue weighted by molar-refractivity contribution is -0.139. The van der Waals surface area contributed by atoms with Gasteiger partial charge in [0.25, 0.3) is 0 Å². The summed E-state index contributed by atoms with van der Waals surface area (Å²) in [6, 6.07) is -2.24. The summed E-state index contributed by atoms with van der Waals surface area (Å²) in [5.41, 5.74) is -1.96. The molecule has 30 nitrogen and oxygen atoms in total. The molecule has 0 bridgehead atoms. The Labute approximate surface area is 632 Å². The van der Waals surface area contributed by atoms with E-state index >= 15 is 0 Å². The Morgan fingerprint density at radius 2 is 0.453 bits per heavy atom. The molecule has 0 aliphatic rings. The van der Waals surface area contributed by atoms with Crippen LogP contribution in [0.5, 0.6) is 0 Å². The predicted octanol–water partition coefficient (Wildman–Crippen LogP) is 12.0. The van der Waals surface area contributed by atoms with Gasteiger partial charge in [0.05, 0.1) is 39.6 Å². The summed E-state index contributed by atoms with van der Waals surface area (Å²) in [6.07, 6.45) is 15.6. The van der Waals surface area contributed by atoms with Crippen molar-refractivity contribution in [2.75, 3.05) is 118 Å². The van der Waals surface area contributed by atoms with E-state index in [4.69, 9.17) is 28.4 Å². The molecule has 0 aromatic heterocycles. The number of hydrogen-bond donors (Lipinski definition) is 6. The number of nitrogens with zero attached hydrogens (tertiary/aromatic N) is 6. The minimum absolute atomic E-state index is 0.00778. The van der Waals surface area contributed by atoms with E-state index in [0.717, 1.165) is 59.8 Å². The van der Waals surface area contributed by atoms with Crippen molar-refractivity contribution in [2.45, 2.75) is 246 Å². The molecule has 14 amide bonds. The maximum atomic E-state index is 13.7. The normalized spacial score (nSPS) is 11.2. The Kier molecular flexibility index (Phi) is 51.3. The van der Waals surface area contributed by atoms with Crippen molar-refractivity contribution in [2.24, 2.45) is 0 Å². The van der Waals surface area contributed by atoms with E-state index in [1.165, 1.54) is 0 Å². The fourth-order valence-electron chi connectivity index (χ4n) is 10.5. The summed E-state index contributed by atoms with van der Waals surface area (Å²) in [4.78, 5) is 162. The zero-order valence-electron chi connectivity index (χ0n) is 66.5. The maximum absolute atomic E-state index is 13.7. The van der Waals surface area contributed by atoms with Crippen molar-refractivity contribution in [1.82, 2.24) is 61.3 Å². The van der Waals surface area contributed by atoms with Gasteiger partial charge < -0.3 is 79.9 Å². The molecule has 6 N–H and O–H groups in total. The third-order valence-corrected chi connectivity index (χ3v) is 16.4. The van der Waals surface area contributed by atoms with E-state index in [9.17, 15) is 57.5 Å². The summed E-state index contributed by atoms with van der Waals surface area (Å²) in [7, 11) is 0. The van der Waals surface area contributed by atoms with Crippen molar-refractivity contribution in [3.05, 3.63) is 50.6 Å². The fraction of sp³-hybridized carbons (Fsp3) is 0.737. The highest BCUT2D eigenvalue weighted by Crippen LogP contribution is 2.19. The van der Waals surface area contributed by atoms with Gasteiger partial charge in [-0.05, 0) is 173 Å². The largest absolute Gasteiger partial charge is 0.463 e. The number of carbonyl (C=O) groups excluding carboxylic acids is 12. The maximum Gasteiger partial charge on any atom is 0.417 e. The van der Waals surface area contributed by atoms with Gasteiger partial charge in [-0.2, -0.15) is 0 Å². The molecule has 0 atom stereocenters. The number of imide groups is 2. The number of carbonyl (C=O) groups is 12. The Morgan fingerprint density at radius 3 is 0.726 bits per heavy atom. The molecule has 0 aromatic carbocycles. The first-order chi connectivity index (χ1) is 50.1. The van der Waals surface area contributed by atoms with Crippen molar-refractivity contribution in [1.29, 1.82) is 0 Å². The SMILES string of the molecule is C=CC(=O)OCCCCN(C(=O)NCCCCCCNC(=O)N(CCCCCCNC(=O)N(CCCOC(=O)C=C)C(C)(C)C)C(=O)OCCCCOC(=O)N(CCCCCCNC(=O)N(CCOC(=O)C=C)C(C)(C)C)C(=O)NCCCCCCNC(=O)N(CCCOC(=O)C=C)C(C)(C)C)C(C)(C)C. The van der Waals surface area contributed by atoms with Crippen molar-refractivity contribution >= 4 is 72.3 Å². The lowest BCUT2D eigenvalue weighted by Crippen LogP contribution is -2.51. The molecule has 30 heteroatoms. The minimum atomic E-state index is -0.858. The summed E-state index contributed by atoms with van der Waals surface area (Å²) in [6.45, 7) is 40.6. The van der Waals surface area contributed by atoms with Crippen LogP contribution in [0, 0.1) is 0 Å². The zero-order valence-corrected chi connectivity index (χ0v) is 66.5. The molecular formula is C76H134N12O18. The minimum Gasteiger partial charge on any atom is -0.463 e. The summed E-state index contributed by atoms with van der Waals surface area (Å²) < 4.78 is 31.5. The predicted molar refractivity (Wildman–Crippen MR) is 409 cm³/mol. The van der Waals surface area contributed by atoms with Crippen LogP contribution in [0.2, 0.25) is 0 Å². The first kappa shape index (κ1) is 97.4. The Bertz CT molecular complexity index is 2690. The van der Waals surface area contributed by atoms with Gasteiger partial charge in [0.1, 0.15) is 6.61 Å². The van der Waals surface area contributed by atoms with Crippen LogP contribution in [0.25, 0.3) is 0 Å². The Hall–Kier alpha value is -8.60. The molecule has 0 aromatic rings. The van der Waals surface area contributed by atoms with E-state index in [-0.39, 0.29) is 109 Å². The second-order valence-corrected chi connectivity index (χ2v) is 29.5. The number of urea groups is 6.